The quantitative estimate of drug-likeness (QED) is 0.314. The third kappa shape index (κ3) is 3.83. The van der Waals surface area contributed by atoms with E-state index in [0.29, 0.717) is 0 Å². The van der Waals surface area contributed by atoms with Crippen molar-refractivity contribution in [1.29, 1.82) is 0 Å². The number of rotatable bonds is 7. The first kappa shape index (κ1) is 13.6. The van der Waals surface area contributed by atoms with Crippen molar-refractivity contribution < 1.29 is 14.5 Å². The summed E-state index contributed by atoms with van der Waals surface area (Å²) in [6.45, 7) is 0.143. The van der Waals surface area contributed by atoms with Gasteiger partial charge in [-0.1, -0.05) is 0 Å². The zero-order chi connectivity index (χ0) is 13.5. The van der Waals surface area contributed by atoms with E-state index in [0.717, 1.165) is 6.33 Å². The number of nitro groups is 1. The molecule has 0 aliphatic carbocycles. The topological polar surface area (TPSA) is 159 Å². The van der Waals surface area contributed by atoms with E-state index in [2.05, 4.69) is 15.3 Å². The Hall–Kier alpha value is -2.49. The summed E-state index contributed by atoms with van der Waals surface area (Å²) >= 11 is 0. The molecule has 1 aromatic heterocycles. The second-order valence-electron chi connectivity index (χ2n) is 3.16. The third-order valence-electron chi connectivity index (χ3n) is 1.82. The first-order chi connectivity index (χ1) is 8.52. The number of carbonyl (C=O) groups excluding carboxylic acids is 1. The molecule has 0 aliphatic heterocycles. The SMILES string of the molecule is NC(=O)COCCNc1ncnc(N)c1[N+](=O)[O-]. The molecule has 0 atom stereocenters. The molecule has 0 aliphatic rings. The van der Waals surface area contributed by atoms with Gasteiger partial charge in [0.2, 0.25) is 17.5 Å². The van der Waals surface area contributed by atoms with Crippen LogP contribution >= 0.6 is 0 Å². The average Bonchev–Trinajstić information content (AvgIpc) is 2.27. The van der Waals surface area contributed by atoms with Crippen molar-refractivity contribution in [2.75, 3.05) is 30.8 Å². The van der Waals surface area contributed by atoms with Gasteiger partial charge in [-0.15, -0.1) is 0 Å². The molecule has 1 aromatic rings. The van der Waals surface area contributed by atoms with Crippen molar-refractivity contribution in [2.24, 2.45) is 5.73 Å². The Bertz CT molecular complexity index is 451. The summed E-state index contributed by atoms with van der Waals surface area (Å²) in [5.74, 6) is -0.821. The molecule has 0 bridgehead atoms. The fourth-order valence-corrected chi connectivity index (χ4v) is 1.12. The molecule has 98 valence electrons. The van der Waals surface area contributed by atoms with Gasteiger partial charge in [0.25, 0.3) is 0 Å². The Morgan fingerprint density at radius 1 is 1.56 bits per heavy atom. The van der Waals surface area contributed by atoms with Gasteiger partial charge in [-0.2, -0.15) is 0 Å². The number of amides is 1. The van der Waals surface area contributed by atoms with Gasteiger partial charge in [0, 0.05) is 6.54 Å². The molecule has 0 fully saturated rings. The molecule has 0 unspecified atom stereocenters. The van der Waals surface area contributed by atoms with E-state index in [-0.39, 0.29) is 31.4 Å². The summed E-state index contributed by atoms with van der Waals surface area (Å²) in [6, 6.07) is 0. The Labute approximate surface area is 101 Å². The number of nitrogen functional groups attached to an aromatic ring is 1. The van der Waals surface area contributed by atoms with E-state index in [1.807, 2.05) is 0 Å². The Kier molecular flexibility index (Phi) is 4.75. The second-order valence-corrected chi connectivity index (χ2v) is 3.16. The van der Waals surface area contributed by atoms with Crippen molar-refractivity contribution in [2.45, 2.75) is 0 Å². The molecule has 1 amide bonds. The molecule has 0 spiro atoms. The smallest absolute Gasteiger partial charge is 0.352 e. The number of hydrogen-bond acceptors (Lipinski definition) is 8. The first-order valence-electron chi connectivity index (χ1n) is 4.87. The zero-order valence-corrected chi connectivity index (χ0v) is 9.33. The lowest BCUT2D eigenvalue weighted by atomic mass is 10.4. The van der Waals surface area contributed by atoms with Gasteiger partial charge in [-0.05, 0) is 0 Å². The monoisotopic (exact) mass is 256 g/mol. The molecular formula is C8H12N6O4. The van der Waals surface area contributed by atoms with E-state index >= 15 is 0 Å². The summed E-state index contributed by atoms with van der Waals surface area (Å²) in [7, 11) is 0. The van der Waals surface area contributed by atoms with Crippen LogP contribution in [0.5, 0.6) is 0 Å². The van der Waals surface area contributed by atoms with E-state index in [9.17, 15) is 14.9 Å². The van der Waals surface area contributed by atoms with Crippen molar-refractivity contribution >= 4 is 23.2 Å². The molecule has 1 rings (SSSR count). The number of primary amides is 1. The molecule has 0 saturated heterocycles. The zero-order valence-electron chi connectivity index (χ0n) is 9.33. The Morgan fingerprint density at radius 3 is 2.89 bits per heavy atom. The fourth-order valence-electron chi connectivity index (χ4n) is 1.12. The largest absolute Gasteiger partial charge is 0.378 e. The van der Waals surface area contributed by atoms with Crippen LogP contribution in [0.4, 0.5) is 17.3 Å². The number of ether oxygens (including phenoxy) is 1. The minimum Gasteiger partial charge on any atom is -0.378 e. The van der Waals surface area contributed by atoms with E-state index in [1.54, 1.807) is 0 Å². The van der Waals surface area contributed by atoms with Crippen LogP contribution < -0.4 is 16.8 Å². The molecule has 0 saturated carbocycles. The van der Waals surface area contributed by atoms with Crippen LogP contribution in [0.1, 0.15) is 0 Å². The number of nitrogens with one attached hydrogen (secondary N) is 1. The maximum absolute atomic E-state index is 10.7. The summed E-state index contributed by atoms with van der Waals surface area (Å²) in [6.07, 6.45) is 1.11. The van der Waals surface area contributed by atoms with E-state index < -0.39 is 16.5 Å². The maximum atomic E-state index is 10.7. The van der Waals surface area contributed by atoms with Crippen molar-refractivity contribution in [3.63, 3.8) is 0 Å². The lowest BCUT2D eigenvalue weighted by Gasteiger charge is -2.06. The third-order valence-corrected chi connectivity index (χ3v) is 1.82. The number of hydrogen-bond donors (Lipinski definition) is 3. The summed E-state index contributed by atoms with van der Waals surface area (Å²) in [5, 5.41) is 13.4. The second kappa shape index (κ2) is 6.30. The van der Waals surface area contributed by atoms with Crippen molar-refractivity contribution in [1.82, 2.24) is 9.97 Å². The Morgan fingerprint density at radius 2 is 2.28 bits per heavy atom. The summed E-state index contributed by atoms with van der Waals surface area (Å²) in [4.78, 5) is 27.6. The predicted octanol–water partition coefficient (Wildman–Crippen LogP) is -1.12. The molecule has 5 N–H and O–H groups in total. The molecule has 1 heterocycles. The van der Waals surface area contributed by atoms with Gasteiger partial charge in [0.1, 0.15) is 12.9 Å². The molecular weight excluding hydrogens is 244 g/mol. The van der Waals surface area contributed by atoms with Crippen LogP contribution in [0, 0.1) is 10.1 Å². The van der Waals surface area contributed by atoms with Crippen LogP contribution in [0.15, 0.2) is 6.33 Å². The molecule has 18 heavy (non-hydrogen) atoms. The fraction of sp³-hybridized carbons (Fsp3) is 0.375. The molecule has 10 nitrogen and oxygen atoms in total. The summed E-state index contributed by atoms with van der Waals surface area (Å²) in [5.41, 5.74) is 9.83. The predicted molar refractivity (Wildman–Crippen MR) is 61.6 cm³/mol. The minimum atomic E-state index is -0.679. The van der Waals surface area contributed by atoms with Crippen LogP contribution in [0.2, 0.25) is 0 Å². The van der Waals surface area contributed by atoms with Gasteiger partial charge in [-0.25, -0.2) is 9.97 Å². The molecule has 0 aromatic carbocycles. The van der Waals surface area contributed by atoms with Gasteiger partial charge in [0.05, 0.1) is 11.5 Å². The highest BCUT2D eigenvalue weighted by atomic mass is 16.6. The highest BCUT2D eigenvalue weighted by Gasteiger charge is 2.20. The summed E-state index contributed by atoms with van der Waals surface area (Å²) < 4.78 is 4.87. The van der Waals surface area contributed by atoms with Crippen molar-refractivity contribution in [3.8, 4) is 0 Å². The van der Waals surface area contributed by atoms with E-state index in [1.165, 1.54) is 0 Å². The number of aromatic nitrogens is 2. The van der Waals surface area contributed by atoms with Gasteiger partial charge in [-0.3, -0.25) is 14.9 Å². The normalized spacial score (nSPS) is 10.0. The number of nitrogens with two attached hydrogens (primary N) is 2. The van der Waals surface area contributed by atoms with Crippen LogP contribution in [-0.2, 0) is 9.53 Å². The molecule has 0 radical (unpaired) electrons. The number of carbonyl (C=O) groups is 1. The van der Waals surface area contributed by atoms with Crippen LogP contribution in [0.25, 0.3) is 0 Å². The maximum Gasteiger partial charge on any atom is 0.352 e. The van der Waals surface area contributed by atoms with Crippen LogP contribution in [0.3, 0.4) is 0 Å². The number of anilines is 2. The number of nitrogens with zero attached hydrogens (tertiary/aromatic N) is 3. The van der Waals surface area contributed by atoms with Gasteiger partial charge in [0.15, 0.2) is 0 Å². The van der Waals surface area contributed by atoms with Gasteiger partial charge < -0.3 is 21.5 Å². The first-order valence-corrected chi connectivity index (χ1v) is 4.87. The Balaban J connectivity index is 2.54. The van der Waals surface area contributed by atoms with Crippen molar-refractivity contribution in [3.05, 3.63) is 16.4 Å². The van der Waals surface area contributed by atoms with Crippen LogP contribution in [-0.4, -0.2) is 40.6 Å². The highest BCUT2D eigenvalue weighted by Crippen LogP contribution is 2.25. The lowest BCUT2D eigenvalue weighted by molar-refractivity contribution is -0.383. The average molecular weight is 256 g/mol. The van der Waals surface area contributed by atoms with Gasteiger partial charge >= 0.3 is 5.69 Å². The standard InChI is InChI=1S/C8H12N6O4/c9-5(15)3-18-2-1-11-8-6(14(16)17)7(10)12-4-13-8/h4H,1-3H2,(H2,9,15)(H3,10,11,12,13). The lowest BCUT2D eigenvalue weighted by Crippen LogP contribution is -2.21. The molecule has 10 heteroatoms. The minimum absolute atomic E-state index is 0.00447. The van der Waals surface area contributed by atoms with E-state index in [4.69, 9.17) is 16.2 Å². The highest BCUT2D eigenvalue weighted by molar-refractivity contribution is 5.75.